The molecule has 0 unspecified atom stereocenters. The fraction of sp³-hybridized carbons (Fsp3) is 0.438. The van der Waals surface area contributed by atoms with Crippen molar-refractivity contribution in [3.63, 3.8) is 0 Å². The van der Waals surface area contributed by atoms with Crippen LogP contribution in [0.5, 0.6) is 0 Å². The second kappa shape index (κ2) is 5.47. The summed E-state index contributed by atoms with van der Waals surface area (Å²) in [6, 6.07) is 8.15. The number of aromatic nitrogens is 1. The quantitative estimate of drug-likeness (QED) is 0.873. The lowest BCUT2D eigenvalue weighted by atomic mass is 10.0. The standard InChI is InChI=1S/C16H21N3/c17-14-11-19-15-8-4-3-7-13(15)16(14)18-10-9-12-5-1-2-6-12/h3-4,7-8,11-12H,1-2,5-6,9-10,17H2,(H,18,19). The zero-order valence-electron chi connectivity index (χ0n) is 11.2. The van der Waals surface area contributed by atoms with Gasteiger partial charge in [-0.25, -0.2) is 0 Å². The summed E-state index contributed by atoms with van der Waals surface area (Å²) in [7, 11) is 0. The minimum Gasteiger partial charge on any atom is -0.396 e. The van der Waals surface area contributed by atoms with E-state index in [1.165, 1.54) is 32.1 Å². The predicted molar refractivity (Wildman–Crippen MR) is 81.2 cm³/mol. The number of fused-ring (bicyclic) bond motifs is 1. The maximum absolute atomic E-state index is 6.06. The van der Waals surface area contributed by atoms with Crippen molar-refractivity contribution in [3.8, 4) is 0 Å². The average molecular weight is 255 g/mol. The van der Waals surface area contributed by atoms with E-state index in [0.717, 1.165) is 34.7 Å². The summed E-state index contributed by atoms with van der Waals surface area (Å²) < 4.78 is 0. The first kappa shape index (κ1) is 12.3. The highest BCUT2D eigenvalue weighted by Crippen LogP contribution is 2.30. The molecule has 1 saturated carbocycles. The molecule has 2 aromatic rings. The van der Waals surface area contributed by atoms with Crippen LogP contribution in [0.25, 0.3) is 10.9 Å². The van der Waals surface area contributed by atoms with E-state index >= 15 is 0 Å². The van der Waals surface area contributed by atoms with Crippen LogP contribution < -0.4 is 11.1 Å². The van der Waals surface area contributed by atoms with Crippen molar-refractivity contribution in [1.29, 1.82) is 0 Å². The molecule has 1 aliphatic carbocycles. The number of nitrogen functional groups attached to an aromatic ring is 1. The van der Waals surface area contributed by atoms with Crippen LogP contribution in [-0.2, 0) is 0 Å². The third-order valence-corrected chi connectivity index (χ3v) is 4.13. The number of nitrogens with two attached hydrogens (primary N) is 1. The van der Waals surface area contributed by atoms with Crippen LogP contribution in [0.2, 0.25) is 0 Å². The fourth-order valence-corrected chi connectivity index (χ4v) is 3.05. The van der Waals surface area contributed by atoms with Gasteiger partial charge < -0.3 is 11.1 Å². The van der Waals surface area contributed by atoms with Crippen LogP contribution in [0.15, 0.2) is 30.5 Å². The second-order valence-electron chi connectivity index (χ2n) is 5.47. The van der Waals surface area contributed by atoms with Gasteiger partial charge in [-0.3, -0.25) is 4.98 Å². The zero-order valence-corrected chi connectivity index (χ0v) is 11.2. The Morgan fingerprint density at radius 1 is 1.21 bits per heavy atom. The highest BCUT2D eigenvalue weighted by atomic mass is 14.9. The maximum Gasteiger partial charge on any atom is 0.0743 e. The molecule has 0 atom stereocenters. The Balaban J connectivity index is 1.74. The van der Waals surface area contributed by atoms with E-state index in [1.54, 1.807) is 6.20 Å². The van der Waals surface area contributed by atoms with Crippen molar-refractivity contribution in [2.24, 2.45) is 5.92 Å². The van der Waals surface area contributed by atoms with Gasteiger partial charge in [-0.05, 0) is 18.4 Å². The van der Waals surface area contributed by atoms with E-state index in [-0.39, 0.29) is 0 Å². The molecule has 0 saturated heterocycles. The van der Waals surface area contributed by atoms with Gasteiger partial charge in [0, 0.05) is 11.9 Å². The molecule has 1 aromatic heterocycles. The second-order valence-corrected chi connectivity index (χ2v) is 5.47. The van der Waals surface area contributed by atoms with Gasteiger partial charge in [0.2, 0.25) is 0 Å². The monoisotopic (exact) mass is 255 g/mol. The molecular weight excluding hydrogens is 234 g/mol. The van der Waals surface area contributed by atoms with E-state index in [4.69, 9.17) is 5.73 Å². The summed E-state index contributed by atoms with van der Waals surface area (Å²) in [5.74, 6) is 0.904. The molecule has 3 nitrogen and oxygen atoms in total. The van der Waals surface area contributed by atoms with Crippen molar-refractivity contribution in [2.75, 3.05) is 17.6 Å². The van der Waals surface area contributed by atoms with Crippen molar-refractivity contribution in [1.82, 2.24) is 4.98 Å². The molecule has 1 heterocycles. The van der Waals surface area contributed by atoms with Crippen molar-refractivity contribution in [2.45, 2.75) is 32.1 Å². The smallest absolute Gasteiger partial charge is 0.0743 e. The minimum absolute atomic E-state index is 0.741. The third-order valence-electron chi connectivity index (χ3n) is 4.13. The van der Waals surface area contributed by atoms with Gasteiger partial charge in [0.05, 0.1) is 23.1 Å². The number of anilines is 2. The van der Waals surface area contributed by atoms with E-state index in [2.05, 4.69) is 16.4 Å². The van der Waals surface area contributed by atoms with Gasteiger partial charge in [-0.1, -0.05) is 43.9 Å². The molecule has 0 aliphatic heterocycles. The first-order chi connectivity index (χ1) is 9.34. The third kappa shape index (κ3) is 2.65. The molecule has 0 radical (unpaired) electrons. The lowest BCUT2D eigenvalue weighted by Crippen LogP contribution is -2.09. The highest BCUT2D eigenvalue weighted by Gasteiger charge is 2.14. The van der Waals surface area contributed by atoms with E-state index in [9.17, 15) is 0 Å². The molecule has 0 spiro atoms. The molecule has 1 aromatic carbocycles. The minimum atomic E-state index is 0.741. The number of rotatable bonds is 4. The Kier molecular flexibility index (Phi) is 3.53. The van der Waals surface area contributed by atoms with Crippen LogP contribution in [0, 0.1) is 5.92 Å². The van der Waals surface area contributed by atoms with Crippen molar-refractivity contribution >= 4 is 22.3 Å². The molecule has 1 fully saturated rings. The summed E-state index contributed by atoms with van der Waals surface area (Å²) in [6.07, 6.45) is 8.61. The van der Waals surface area contributed by atoms with Gasteiger partial charge in [0.25, 0.3) is 0 Å². The van der Waals surface area contributed by atoms with Crippen LogP contribution >= 0.6 is 0 Å². The average Bonchev–Trinajstić information content (AvgIpc) is 2.94. The summed E-state index contributed by atoms with van der Waals surface area (Å²) in [6.45, 7) is 1.00. The highest BCUT2D eigenvalue weighted by molar-refractivity contribution is 5.96. The van der Waals surface area contributed by atoms with Crippen molar-refractivity contribution in [3.05, 3.63) is 30.5 Å². The Morgan fingerprint density at radius 3 is 2.84 bits per heavy atom. The van der Waals surface area contributed by atoms with Crippen LogP contribution in [0.3, 0.4) is 0 Å². The maximum atomic E-state index is 6.06. The van der Waals surface area contributed by atoms with Gasteiger partial charge in [-0.15, -0.1) is 0 Å². The Hall–Kier alpha value is -1.77. The SMILES string of the molecule is Nc1cnc2ccccc2c1NCCC1CCCC1. The van der Waals surface area contributed by atoms with Gasteiger partial charge in [0.1, 0.15) is 0 Å². The molecule has 3 N–H and O–H groups in total. The summed E-state index contributed by atoms with van der Waals surface area (Å²) in [5.41, 5.74) is 8.84. The van der Waals surface area contributed by atoms with Crippen LogP contribution in [0.1, 0.15) is 32.1 Å². The molecule has 0 bridgehead atoms. The predicted octanol–water partition coefficient (Wildman–Crippen LogP) is 3.81. The number of para-hydroxylation sites is 1. The first-order valence-corrected chi connectivity index (χ1v) is 7.21. The van der Waals surface area contributed by atoms with Crippen molar-refractivity contribution < 1.29 is 0 Å². The van der Waals surface area contributed by atoms with Crippen LogP contribution in [-0.4, -0.2) is 11.5 Å². The molecular formula is C16H21N3. The lowest BCUT2D eigenvalue weighted by Gasteiger charge is -2.14. The Labute approximate surface area is 114 Å². The number of nitrogens with one attached hydrogen (secondary N) is 1. The van der Waals surface area contributed by atoms with E-state index < -0.39 is 0 Å². The van der Waals surface area contributed by atoms with E-state index in [0.29, 0.717) is 0 Å². The van der Waals surface area contributed by atoms with Gasteiger partial charge in [0.15, 0.2) is 0 Å². The largest absolute Gasteiger partial charge is 0.396 e. The van der Waals surface area contributed by atoms with E-state index in [1.807, 2.05) is 18.2 Å². The number of hydrogen-bond donors (Lipinski definition) is 2. The fourth-order valence-electron chi connectivity index (χ4n) is 3.05. The van der Waals surface area contributed by atoms with Crippen LogP contribution in [0.4, 0.5) is 11.4 Å². The number of pyridine rings is 1. The number of hydrogen-bond acceptors (Lipinski definition) is 3. The summed E-state index contributed by atoms with van der Waals surface area (Å²) >= 11 is 0. The molecule has 19 heavy (non-hydrogen) atoms. The molecule has 0 amide bonds. The molecule has 1 aliphatic rings. The molecule has 100 valence electrons. The summed E-state index contributed by atoms with van der Waals surface area (Å²) in [5, 5.41) is 4.64. The first-order valence-electron chi connectivity index (χ1n) is 7.21. The Morgan fingerprint density at radius 2 is 2.00 bits per heavy atom. The summed E-state index contributed by atoms with van der Waals surface area (Å²) in [4.78, 5) is 4.36. The van der Waals surface area contributed by atoms with Gasteiger partial charge >= 0.3 is 0 Å². The molecule has 3 heteroatoms. The topological polar surface area (TPSA) is 50.9 Å². The zero-order chi connectivity index (χ0) is 13.1. The number of benzene rings is 1. The Bertz CT molecular complexity index is 559. The normalized spacial score (nSPS) is 16.0. The van der Waals surface area contributed by atoms with Gasteiger partial charge in [-0.2, -0.15) is 0 Å². The molecule has 3 rings (SSSR count). The number of nitrogens with zero attached hydrogens (tertiary/aromatic N) is 1. The lowest BCUT2D eigenvalue weighted by molar-refractivity contribution is 0.519.